The maximum absolute atomic E-state index is 12.9. The molecule has 1 aromatic carbocycles. The van der Waals surface area contributed by atoms with Crippen LogP contribution in [0.4, 0.5) is 0 Å². The first kappa shape index (κ1) is 20.4. The average Bonchev–Trinajstić information content (AvgIpc) is 2.71. The van der Waals surface area contributed by atoms with E-state index in [0.29, 0.717) is 24.7 Å². The van der Waals surface area contributed by atoms with E-state index in [4.69, 9.17) is 20.3 Å². The zero-order valence-electron chi connectivity index (χ0n) is 15.2. The number of aliphatic carboxylic acids is 1. The summed E-state index contributed by atoms with van der Waals surface area (Å²) in [5.74, 6) is -0.465. The lowest BCUT2D eigenvalue weighted by Crippen LogP contribution is -2.50. The third kappa shape index (κ3) is 4.37. The standard InChI is InChI=1S/C17H23N3O7S/c18-13(17(22)23)2-4-16(21)19-5-7-20(8-6-19)28(24,25)12-1-3-14-15(11-12)27-10-9-26-14/h1,3,11,13H,2,4-10,18H2,(H,22,23)/t13-/m0/s1. The Morgan fingerprint density at radius 3 is 2.39 bits per heavy atom. The second-order valence-corrected chi connectivity index (χ2v) is 8.51. The van der Waals surface area contributed by atoms with Gasteiger partial charge in [0.15, 0.2) is 11.5 Å². The lowest BCUT2D eigenvalue weighted by Gasteiger charge is -2.34. The summed E-state index contributed by atoms with van der Waals surface area (Å²) < 4.78 is 37.9. The van der Waals surface area contributed by atoms with Gasteiger partial charge in [0.1, 0.15) is 19.3 Å². The lowest BCUT2D eigenvalue weighted by atomic mass is 10.1. The smallest absolute Gasteiger partial charge is 0.320 e. The molecule has 1 saturated heterocycles. The summed E-state index contributed by atoms with van der Waals surface area (Å²) in [5.41, 5.74) is 5.41. The van der Waals surface area contributed by atoms with Crippen molar-refractivity contribution in [2.24, 2.45) is 5.73 Å². The number of hydrogen-bond donors (Lipinski definition) is 2. The summed E-state index contributed by atoms with van der Waals surface area (Å²) in [4.78, 5) is 24.6. The van der Waals surface area contributed by atoms with E-state index in [1.54, 1.807) is 6.07 Å². The molecule has 2 aliphatic rings. The van der Waals surface area contributed by atoms with Crippen LogP contribution < -0.4 is 15.2 Å². The number of fused-ring (bicyclic) bond motifs is 1. The van der Waals surface area contributed by atoms with Gasteiger partial charge in [0.2, 0.25) is 15.9 Å². The molecule has 0 radical (unpaired) electrons. The number of rotatable bonds is 6. The van der Waals surface area contributed by atoms with E-state index in [9.17, 15) is 18.0 Å². The number of piperazine rings is 1. The molecule has 0 bridgehead atoms. The zero-order valence-corrected chi connectivity index (χ0v) is 16.1. The van der Waals surface area contributed by atoms with Gasteiger partial charge in [-0.25, -0.2) is 8.42 Å². The van der Waals surface area contributed by atoms with Crippen molar-refractivity contribution in [3.8, 4) is 11.5 Å². The van der Waals surface area contributed by atoms with Crippen molar-refractivity contribution in [2.45, 2.75) is 23.8 Å². The van der Waals surface area contributed by atoms with Gasteiger partial charge in [0.05, 0.1) is 4.90 Å². The molecule has 28 heavy (non-hydrogen) atoms. The molecule has 0 saturated carbocycles. The predicted octanol–water partition coefficient (Wildman–Crippen LogP) is -0.517. The fourth-order valence-corrected chi connectivity index (χ4v) is 4.51. The van der Waals surface area contributed by atoms with Gasteiger partial charge >= 0.3 is 5.97 Å². The van der Waals surface area contributed by atoms with Crippen LogP contribution >= 0.6 is 0 Å². The Morgan fingerprint density at radius 2 is 1.75 bits per heavy atom. The molecule has 11 heteroatoms. The number of hydrogen-bond acceptors (Lipinski definition) is 7. The van der Waals surface area contributed by atoms with Crippen LogP contribution in [0.1, 0.15) is 12.8 Å². The molecular weight excluding hydrogens is 390 g/mol. The monoisotopic (exact) mass is 413 g/mol. The molecular formula is C17H23N3O7S. The zero-order chi connectivity index (χ0) is 20.3. The van der Waals surface area contributed by atoms with Crippen molar-refractivity contribution in [3.63, 3.8) is 0 Å². The number of amides is 1. The van der Waals surface area contributed by atoms with E-state index in [1.807, 2.05) is 0 Å². The van der Waals surface area contributed by atoms with Crippen LogP contribution in [0, 0.1) is 0 Å². The Bertz CT molecular complexity index is 850. The van der Waals surface area contributed by atoms with Crippen molar-refractivity contribution in [2.75, 3.05) is 39.4 Å². The van der Waals surface area contributed by atoms with Gasteiger partial charge in [-0.2, -0.15) is 4.31 Å². The summed E-state index contributed by atoms with van der Waals surface area (Å²) in [6.45, 7) is 1.59. The summed E-state index contributed by atoms with van der Waals surface area (Å²) in [6.07, 6.45) is 0.0618. The van der Waals surface area contributed by atoms with Crippen LogP contribution in [0.2, 0.25) is 0 Å². The maximum atomic E-state index is 12.9. The molecule has 0 aromatic heterocycles. The fourth-order valence-electron chi connectivity index (χ4n) is 3.07. The van der Waals surface area contributed by atoms with Crippen molar-refractivity contribution in [3.05, 3.63) is 18.2 Å². The highest BCUT2D eigenvalue weighted by atomic mass is 32.2. The van der Waals surface area contributed by atoms with E-state index in [-0.39, 0.29) is 49.8 Å². The molecule has 3 rings (SSSR count). The number of sulfonamides is 1. The normalized spacial score (nSPS) is 18.5. The van der Waals surface area contributed by atoms with E-state index in [0.717, 1.165) is 0 Å². The van der Waals surface area contributed by atoms with Crippen LogP contribution in [0.5, 0.6) is 11.5 Å². The van der Waals surface area contributed by atoms with E-state index in [1.165, 1.54) is 21.3 Å². The molecule has 0 unspecified atom stereocenters. The second-order valence-electron chi connectivity index (χ2n) is 6.57. The summed E-state index contributed by atoms with van der Waals surface area (Å²) in [5, 5.41) is 8.77. The Morgan fingerprint density at radius 1 is 1.11 bits per heavy atom. The quantitative estimate of drug-likeness (QED) is 0.635. The molecule has 2 heterocycles. The second kappa shape index (κ2) is 8.33. The average molecular weight is 413 g/mol. The molecule has 3 N–H and O–H groups in total. The SMILES string of the molecule is N[C@@H](CCC(=O)N1CCN(S(=O)(=O)c2ccc3c(c2)OCCO3)CC1)C(=O)O. The number of carboxylic acids is 1. The van der Waals surface area contributed by atoms with Crippen molar-refractivity contribution < 1.29 is 32.6 Å². The van der Waals surface area contributed by atoms with Gasteiger partial charge in [-0.05, 0) is 18.6 Å². The minimum Gasteiger partial charge on any atom is -0.486 e. The van der Waals surface area contributed by atoms with Crippen molar-refractivity contribution in [1.82, 2.24) is 9.21 Å². The Labute approximate surface area is 162 Å². The van der Waals surface area contributed by atoms with Gasteiger partial charge in [-0.3, -0.25) is 9.59 Å². The number of benzene rings is 1. The molecule has 0 aliphatic carbocycles. The number of nitrogens with zero attached hydrogens (tertiary/aromatic N) is 2. The Kier molecular flexibility index (Phi) is 6.06. The molecule has 0 spiro atoms. The van der Waals surface area contributed by atoms with Gasteiger partial charge < -0.3 is 25.2 Å². The molecule has 1 atom stereocenters. The van der Waals surface area contributed by atoms with Crippen LogP contribution in [0.15, 0.2) is 23.1 Å². The lowest BCUT2D eigenvalue weighted by molar-refractivity contribution is -0.139. The molecule has 154 valence electrons. The third-order valence-corrected chi connectivity index (χ3v) is 6.62. The van der Waals surface area contributed by atoms with Gasteiger partial charge in [-0.15, -0.1) is 0 Å². The van der Waals surface area contributed by atoms with E-state index < -0.39 is 22.0 Å². The highest BCUT2D eigenvalue weighted by molar-refractivity contribution is 7.89. The van der Waals surface area contributed by atoms with Crippen LogP contribution in [-0.4, -0.2) is 80.0 Å². The fraction of sp³-hybridized carbons (Fsp3) is 0.529. The van der Waals surface area contributed by atoms with Crippen molar-refractivity contribution in [1.29, 1.82) is 0 Å². The molecule has 10 nitrogen and oxygen atoms in total. The highest BCUT2D eigenvalue weighted by Crippen LogP contribution is 2.33. The van der Waals surface area contributed by atoms with Crippen LogP contribution in [-0.2, 0) is 19.6 Å². The number of carbonyl (C=O) groups excluding carboxylic acids is 1. The molecule has 1 fully saturated rings. The Balaban J connectivity index is 1.59. The summed E-state index contributed by atoms with van der Waals surface area (Å²) >= 11 is 0. The molecule has 1 amide bonds. The maximum Gasteiger partial charge on any atom is 0.320 e. The number of carbonyl (C=O) groups is 2. The first-order valence-electron chi connectivity index (χ1n) is 8.95. The van der Waals surface area contributed by atoms with E-state index >= 15 is 0 Å². The van der Waals surface area contributed by atoms with Crippen LogP contribution in [0.3, 0.4) is 0 Å². The Hall–Kier alpha value is -2.37. The first-order chi connectivity index (χ1) is 13.3. The van der Waals surface area contributed by atoms with Gasteiger partial charge in [0.25, 0.3) is 0 Å². The summed E-state index contributed by atoms with van der Waals surface area (Å²) in [7, 11) is -3.72. The third-order valence-electron chi connectivity index (χ3n) is 4.73. The van der Waals surface area contributed by atoms with E-state index in [2.05, 4.69) is 0 Å². The summed E-state index contributed by atoms with van der Waals surface area (Å²) in [6, 6.07) is 3.43. The highest BCUT2D eigenvalue weighted by Gasteiger charge is 2.31. The van der Waals surface area contributed by atoms with Crippen LogP contribution in [0.25, 0.3) is 0 Å². The molecule has 1 aromatic rings. The first-order valence-corrected chi connectivity index (χ1v) is 10.4. The van der Waals surface area contributed by atoms with Gasteiger partial charge in [0, 0.05) is 38.7 Å². The van der Waals surface area contributed by atoms with Gasteiger partial charge in [-0.1, -0.05) is 0 Å². The van der Waals surface area contributed by atoms with Crippen molar-refractivity contribution >= 4 is 21.9 Å². The number of carboxylic acid groups (broad SMARTS) is 1. The minimum atomic E-state index is -3.72. The predicted molar refractivity (Wildman–Crippen MR) is 97.6 cm³/mol. The topological polar surface area (TPSA) is 139 Å². The largest absolute Gasteiger partial charge is 0.486 e. The number of ether oxygens (including phenoxy) is 2. The number of nitrogens with two attached hydrogens (primary N) is 1. The molecule has 2 aliphatic heterocycles. The minimum absolute atomic E-state index is 0.0162.